The molecule has 0 amide bonds. The van der Waals surface area contributed by atoms with E-state index in [1.54, 1.807) is 13.0 Å². The van der Waals surface area contributed by atoms with Gasteiger partial charge in [0.1, 0.15) is 0 Å². The minimum absolute atomic E-state index is 0.258. The summed E-state index contributed by atoms with van der Waals surface area (Å²) in [5.74, 6) is 0. The first kappa shape index (κ1) is 11.7. The summed E-state index contributed by atoms with van der Waals surface area (Å²) in [5.41, 5.74) is 0. The van der Waals surface area contributed by atoms with Crippen LogP contribution in [0.25, 0.3) is 0 Å². The van der Waals surface area contributed by atoms with Crippen LogP contribution in [-0.4, -0.2) is 35.1 Å². The van der Waals surface area contributed by atoms with Crippen molar-refractivity contribution in [2.45, 2.75) is 50.9 Å². The Morgan fingerprint density at radius 3 is 2.71 bits per heavy atom. The van der Waals surface area contributed by atoms with Crippen molar-refractivity contribution in [2.75, 3.05) is 6.61 Å². The molecule has 0 unspecified atom stereocenters. The summed E-state index contributed by atoms with van der Waals surface area (Å²) in [7, 11) is 0. The molecule has 1 aliphatic rings. The molecule has 1 fully saturated rings. The molecule has 0 aromatic heterocycles. The second-order valence-electron chi connectivity index (χ2n) is 3.82. The molecular formula is C11H20O3. The summed E-state index contributed by atoms with van der Waals surface area (Å²) >= 11 is 0. The van der Waals surface area contributed by atoms with Gasteiger partial charge in [-0.05, 0) is 32.6 Å². The first-order valence-electron chi connectivity index (χ1n) is 5.35. The number of allylic oxidation sites excluding steroid dienone is 1. The molecule has 0 bridgehead atoms. The van der Waals surface area contributed by atoms with Gasteiger partial charge in [0.2, 0.25) is 0 Å². The average molecular weight is 200 g/mol. The van der Waals surface area contributed by atoms with Gasteiger partial charge in [0, 0.05) is 6.61 Å². The van der Waals surface area contributed by atoms with Gasteiger partial charge in [-0.3, -0.25) is 0 Å². The van der Waals surface area contributed by atoms with Crippen LogP contribution in [0.5, 0.6) is 0 Å². The maximum atomic E-state index is 8.96. The Labute approximate surface area is 85.4 Å². The summed E-state index contributed by atoms with van der Waals surface area (Å²) in [6.45, 7) is 2.00. The van der Waals surface area contributed by atoms with E-state index in [1.165, 1.54) is 0 Å². The highest BCUT2D eigenvalue weighted by molar-refractivity contribution is 4.91. The standard InChI is InChI=1S/C11H20O3/c1-9(13)5-2-3-6-10-11(14-10)7-4-8-12/h2,5,9-13H,3-4,6-8H2,1H3/b5-2+/t9-,10-,11-/m1/s1. The number of ether oxygens (including phenoxy) is 1. The van der Waals surface area contributed by atoms with Crippen LogP contribution in [0.2, 0.25) is 0 Å². The van der Waals surface area contributed by atoms with E-state index in [-0.39, 0.29) is 12.7 Å². The number of hydrogen-bond donors (Lipinski definition) is 2. The molecule has 0 aromatic rings. The molecule has 1 saturated heterocycles. The highest BCUT2D eigenvalue weighted by Gasteiger charge is 2.36. The Hall–Kier alpha value is -0.380. The third-order valence-corrected chi connectivity index (χ3v) is 2.37. The predicted molar refractivity (Wildman–Crippen MR) is 55.0 cm³/mol. The van der Waals surface area contributed by atoms with Crippen molar-refractivity contribution in [1.29, 1.82) is 0 Å². The van der Waals surface area contributed by atoms with E-state index in [1.807, 2.05) is 6.08 Å². The van der Waals surface area contributed by atoms with Gasteiger partial charge in [-0.2, -0.15) is 0 Å². The van der Waals surface area contributed by atoms with Crippen LogP contribution >= 0.6 is 0 Å². The molecule has 3 atom stereocenters. The fraction of sp³-hybridized carbons (Fsp3) is 0.818. The lowest BCUT2D eigenvalue weighted by Crippen LogP contribution is -1.96. The Kier molecular flexibility index (Phi) is 5.15. The van der Waals surface area contributed by atoms with Gasteiger partial charge in [0.05, 0.1) is 18.3 Å². The van der Waals surface area contributed by atoms with E-state index in [9.17, 15) is 0 Å². The fourth-order valence-corrected chi connectivity index (χ4v) is 1.53. The Morgan fingerprint density at radius 2 is 2.07 bits per heavy atom. The number of hydrogen-bond acceptors (Lipinski definition) is 3. The second kappa shape index (κ2) is 6.17. The molecule has 0 spiro atoms. The zero-order valence-electron chi connectivity index (χ0n) is 8.72. The molecule has 14 heavy (non-hydrogen) atoms. The normalized spacial score (nSPS) is 28.2. The Bertz CT molecular complexity index is 177. The second-order valence-corrected chi connectivity index (χ2v) is 3.82. The van der Waals surface area contributed by atoms with Crippen LogP contribution in [0.4, 0.5) is 0 Å². The summed E-state index contributed by atoms with van der Waals surface area (Å²) in [4.78, 5) is 0. The minimum atomic E-state index is -0.347. The van der Waals surface area contributed by atoms with Crippen LogP contribution in [0.1, 0.15) is 32.6 Å². The molecule has 1 rings (SSSR count). The molecular weight excluding hydrogens is 180 g/mol. The van der Waals surface area contributed by atoms with E-state index in [0.717, 1.165) is 25.7 Å². The Balaban J connectivity index is 1.95. The topological polar surface area (TPSA) is 53.0 Å². The molecule has 2 N–H and O–H groups in total. The van der Waals surface area contributed by atoms with Crippen molar-refractivity contribution in [3.05, 3.63) is 12.2 Å². The van der Waals surface area contributed by atoms with E-state index in [2.05, 4.69) is 0 Å². The van der Waals surface area contributed by atoms with Crippen LogP contribution in [0.15, 0.2) is 12.2 Å². The molecule has 0 saturated carbocycles. The summed E-state index contributed by atoms with van der Waals surface area (Å²) in [5, 5.41) is 17.6. The molecule has 82 valence electrons. The molecule has 3 nitrogen and oxygen atoms in total. The van der Waals surface area contributed by atoms with E-state index < -0.39 is 0 Å². The number of aliphatic hydroxyl groups is 2. The van der Waals surface area contributed by atoms with Crippen molar-refractivity contribution in [3.8, 4) is 0 Å². The van der Waals surface area contributed by atoms with Crippen LogP contribution in [0, 0.1) is 0 Å². The number of rotatable bonds is 7. The largest absolute Gasteiger partial charge is 0.396 e. The van der Waals surface area contributed by atoms with Gasteiger partial charge < -0.3 is 14.9 Å². The summed E-state index contributed by atoms with van der Waals surface area (Å²) in [6.07, 6.45) is 8.01. The van der Waals surface area contributed by atoms with E-state index >= 15 is 0 Å². The van der Waals surface area contributed by atoms with Gasteiger partial charge in [-0.25, -0.2) is 0 Å². The van der Waals surface area contributed by atoms with Gasteiger partial charge in [0.15, 0.2) is 0 Å². The zero-order valence-corrected chi connectivity index (χ0v) is 8.72. The smallest absolute Gasteiger partial charge is 0.0844 e. The highest BCUT2D eigenvalue weighted by Crippen LogP contribution is 2.30. The van der Waals surface area contributed by atoms with Gasteiger partial charge >= 0.3 is 0 Å². The van der Waals surface area contributed by atoms with Crippen molar-refractivity contribution >= 4 is 0 Å². The quantitative estimate of drug-likeness (QED) is 0.480. The molecule has 1 heterocycles. The van der Waals surface area contributed by atoms with Crippen molar-refractivity contribution in [3.63, 3.8) is 0 Å². The maximum Gasteiger partial charge on any atom is 0.0844 e. The molecule has 3 heteroatoms. The monoisotopic (exact) mass is 200 g/mol. The van der Waals surface area contributed by atoms with Gasteiger partial charge in [-0.15, -0.1) is 0 Å². The lowest BCUT2D eigenvalue weighted by Gasteiger charge is -1.94. The summed E-state index contributed by atoms with van der Waals surface area (Å²) in [6, 6.07) is 0. The van der Waals surface area contributed by atoms with Crippen LogP contribution < -0.4 is 0 Å². The molecule has 1 aliphatic heterocycles. The van der Waals surface area contributed by atoms with Gasteiger partial charge in [0.25, 0.3) is 0 Å². The average Bonchev–Trinajstić information content (AvgIpc) is 2.88. The zero-order chi connectivity index (χ0) is 10.4. The molecule has 0 radical (unpaired) electrons. The van der Waals surface area contributed by atoms with Crippen molar-refractivity contribution in [2.24, 2.45) is 0 Å². The first-order valence-corrected chi connectivity index (χ1v) is 5.35. The van der Waals surface area contributed by atoms with E-state index in [0.29, 0.717) is 12.2 Å². The van der Waals surface area contributed by atoms with Crippen LogP contribution in [0.3, 0.4) is 0 Å². The maximum absolute atomic E-state index is 8.96. The first-order chi connectivity index (χ1) is 6.74. The minimum Gasteiger partial charge on any atom is -0.396 e. The Morgan fingerprint density at radius 1 is 1.36 bits per heavy atom. The lowest BCUT2D eigenvalue weighted by molar-refractivity contribution is 0.243. The van der Waals surface area contributed by atoms with Gasteiger partial charge in [-0.1, -0.05) is 12.2 Å². The SMILES string of the molecule is C[C@@H](O)/C=C/CC[C@H]1O[C@@H]1CCCO. The molecule has 0 aromatic carbocycles. The predicted octanol–water partition coefficient (Wildman–Crippen LogP) is 1.24. The number of epoxide rings is 1. The van der Waals surface area contributed by atoms with Crippen LogP contribution in [-0.2, 0) is 4.74 Å². The third kappa shape index (κ3) is 4.74. The van der Waals surface area contributed by atoms with Crippen molar-refractivity contribution in [1.82, 2.24) is 0 Å². The number of aliphatic hydroxyl groups excluding tert-OH is 2. The highest BCUT2D eigenvalue weighted by atomic mass is 16.6. The fourth-order valence-electron chi connectivity index (χ4n) is 1.53. The van der Waals surface area contributed by atoms with Crippen molar-refractivity contribution < 1.29 is 14.9 Å². The lowest BCUT2D eigenvalue weighted by atomic mass is 10.1. The third-order valence-electron chi connectivity index (χ3n) is 2.37. The summed E-state index contributed by atoms with van der Waals surface area (Å²) < 4.78 is 5.42. The van der Waals surface area contributed by atoms with E-state index in [4.69, 9.17) is 14.9 Å². The molecule has 0 aliphatic carbocycles.